The summed E-state index contributed by atoms with van der Waals surface area (Å²) in [5.41, 5.74) is -0.301. The maximum atomic E-state index is 10.5. The average molecular weight is 252 g/mol. The van der Waals surface area contributed by atoms with Gasteiger partial charge in [-0.15, -0.1) is 0 Å². The maximum Gasteiger partial charge on any atom is 0.130 e. The summed E-state index contributed by atoms with van der Waals surface area (Å²) in [6, 6.07) is 0. The van der Waals surface area contributed by atoms with Crippen molar-refractivity contribution in [1.82, 2.24) is 0 Å². The molecule has 1 aromatic carbocycles. The largest absolute Gasteiger partial charge is 0.507 e. The van der Waals surface area contributed by atoms with Gasteiger partial charge in [0.1, 0.15) is 36.1 Å². The van der Waals surface area contributed by atoms with Crippen LogP contribution in [-0.4, -0.2) is 34.2 Å². The molecule has 0 radical (unpaired) electrons. The first-order chi connectivity index (χ1) is 8.58. The Hall–Kier alpha value is -2.37. The average Bonchev–Trinajstić information content (AvgIpc) is 2.35. The second-order valence-corrected chi connectivity index (χ2v) is 3.59. The van der Waals surface area contributed by atoms with Gasteiger partial charge in [0.2, 0.25) is 0 Å². The summed E-state index contributed by atoms with van der Waals surface area (Å²) in [4.78, 5) is 31.4. The van der Waals surface area contributed by atoms with Crippen LogP contribution in [0.15, 0.2) is 0 Å². The lowest BCUT2D eigenvalue weighted by Crippen LogP contribution is -2.01. The third-order valence-corrected chi connectivity index (χ3v) is 2.58. The first-order valence-corrected chi connectivity index (χ1v) is 5.16. The number of carbonyl (C=O) groups is 3. The number of aldehydes is 3. The molecule has 0 aromatic heterocycles. The number of hydrogen-bond donors (Lipinski definition) is 3. The van der Waals surface area contributed by atoms with Gasteiger partial charge >= 0.3 is 0 Å². The van der Waals surface area contributed by atoms with Gasteiger partial charge in [0.05, 0.1) is 0 Å². The van der Waals surface area contributed by atoms with E-state index in [0.717, 1.165) is 0 Å². The molecule has 0 atom stereocenters. The number of phenolic OH excluding ortho intramolecular Hbond substituents is 3. The second kappa shape index (κ2) is 5.81. The van der Waals surface area contributed by atoms with Crippen molar-refractivity contribution in [2.75, 3.05) is 0 Å². The minimum Gasteiger partial charge on any atom is -0.507 e. The molecule has 1 aromatic rings. The van der Waals surface area contributed by atoms with E-state index in [1.165, 1.54) is 0 Å². The summed E-state index contributed by atoms with van der Waals surface area (Å²) in [5, 5.41) is 29.3. The molecule has 0 unspecified atom stereocenters. The Bertz CT molecular complexity index is 399. The van der Waals surface area contributed by atoms with Crippen LogP contribution in [0.25, 0.3) is 0 Å². The Morgan fingerprint density at radius 2 is 0.833 bits per heavy atom. The van der Waals surface area contributed by atoms with E-state index in [0.29, 0.717) is 18.9 Å². The third kappa shape index (κ3) is 2.32. The second-order valence-electron chi connectivity index (χ2n) is 3.59. The van der Waals surface area contributed by atoms with Crippen molar-refractivity contribution in [2.24, 2.45) is 0 Å². The lowest BCUT2D eigenvalue weighted by atomic mass is 9.96. The van der Waals surface area contributed by atoms with E-state index in [-0.39, 0.29) is 36.0 Å². The lowest BCUT2D eigenvalue weighted by Gasteiger charge is -2.15. The van der Waals surface area contributed by atoms with E-state index >= 15 is 0 Å². The predicted molar refractivity (Wildman–Crippen MR) is 60.7 cm³/mol. The fourth-order valence-electron chi connectivity index (χ4n) is 1.71. The number of rotatable bonds is 6. The molecule has 96 valence electrons. The predicted octanol–water partition coefficient (Wildman–Crippen LogP) is 0.0276. The molecule has 3 N–H and O–H groups in total. The fourth-order valence-corrected chi connectivity index (χ4v) is 1.71. The number of aromatic hydroxyl groups is 3. The van der Waals surface area contributed by atoms with Crippen LogP contribution in [0.2, 0.25) is 0 Å². The van der Waals surface area contributed by atoms with Crippen molar-refractivity contribution in [3.8, 4) is 17.2 Å². The van der Waals surface area contributed by atoms with Gasteiger partial charge in [0, 0.05) is 36.0 Å². The van der Waals surface area contributed by atoms with E-state index in [1.54, 1.807) is 0 Å². The van der Waals surface area contributed by atoms with E-state index in [9.17, 15) is 29.7 Å². The fraction of sp³-hybridized carbons (Fsp3) is 0.250. The molecule has 0 aliphatic heterocycles. The molecule has 6 heteroatoms. The molecule has 6 nitrogen and oxygen atoms in total. The summed E-state index contributed by atoms with van der Waals surface area (Å²) in [6.45, 7) is 0. The van der Waals surface area contributed by atoms with Gasteiger partial charge in [-0.25, -0.2) is 0 Å². The van der Waals surface area contributed by atoms with E-state index in [4.69, 9.17) is 0 Å². The maximum absolute atomic E-state index is 10.5. The molecule has 0 aliphatic carbocycles. The van der Waals surface area contributed by atoms with Crippen LogP contribution in [0.4, 0.5) is 0 Å². The highest BCUT2D eigenvalue weighted by molar-refractivity contribution is 5.73. The Labute approximate surface area is 102 Å². The lowest BCUT2D eigenvalue weighted by molar-refractivity contribution is -0.108. The molecular formula is C12H12O6. The van der Waals surface area contributed by atoms with Crippen molar-refractivity contribution in [1.29, 1.82) is 0 Å². The van der Waals surface area contributed by atoms with Crippen LogP contribution in [0.5, 0.6) is 17.2 Å². The van der Waals surface area contributed by atoms with Gasteiger partial charge in [0.25, 0.3) is 0 Å². The van der Waals surface area contributed by atoms with Gasteiger partial charge in [0.15, 0.2) is 0 Å². The first kappa shape index (κ1) is 13.7. The Kier molecular flexibility index (Phi) is 4.42. The topological polar surface area (TPSA) is 112 Å². The molecule has 0 fully saturated rings. The van der Waals surface area contributed by atoms with Gasteiger partial charge < -0.3 is 29.7 Å². The van der Waals surface area contributed by atoms with Crippen LogP contribution in [0, 0.1) is 0 Å². The number of benzene rings is 1. The van der Waals surface area contributed by atoms with Crippen LogP contribution < -0.4 is 0 Å². The molecule has 18 heavy (non-hydrogen) atoms. The van der Waals surface area contributed by atoms with Gasteiger partial charge in [-0.3, -0.25) is 0 Å². The molecule has 0 amide bonds. The van der Waals surface area contributed by atoms with Gasteiger partial charge in [-0.05, 0) is 0 Å². The van der Waals surface area contributed by atoms with Crippen LogP contribution in [-0.2, 0) is 33.6 Å². The van der Waals surface area contributed by atoms with E-state index < -0.39 is 17.2 Å². The summed E-state index contributed by atoms with van der Waals surface area (Å²) < 4.78 is 0. The highest BCUT2D eigenvalue weighted by atomic mass is 16.3. The molecule has 0 bridgehead atoms. The highest BCUT2D eigenvalue weighted by Crippen LogP contribution is 2.42. The molecule has 0 aliphatic rings. The first-order valence-electron chi connectivity index (χ1n) is 5.16. The van der Waals surface area contributed by atoms with E-state index in [1.807, 2.05) is 0 Å². The SMILES string of the molecule is O=CCc1c(O)c(CC=O)c(O)c(CC=O)c1O. The molecule has 0 spiro atoms. The van der Waals surface area contributed by atoms with Crippen LogP contribution >= 0.6 is 0 Å². The van der Waals surface area contributed by atoms with Crippen molar-refractivity contribution >= 4 is 18.9 Å². The Balaban J connectivity index is 3.56. The normalized spacial score (nSPS) is 10.0. The highest BCUT2D eigenvalue weighted by Gasteiger charge is 2.22. The summed E-state index contributed by atoms with van der Waals surface area (Å²) in [6.07, 6.45) is 0.532. The quantitative estimate of drug-likeness (QED) is 0.616. The number of hydrogen-bond acceptors (Lipinski definition) is 6. The molecule has 0 heterocycles. The Morgan fingerprint density at radius 3 is 1.00 bits per heavy atom. The standard InChI is InChI=1S/C12H12O6/c13-4-1-7-10(16)8(2-5-14)12(18)9(3-6-15)11(7)17/h4-6,16-18H,1-3H2. The number of carbonyl (C=O) groups excluding carboxylic acids is 3. The van der Waals surface area contributed by atoms with Crippen molar-refractivity contribution < 1.29 is 29.7 Å². The summed E-state index contributed by atoms with van der Waals surface area (Å²) in [5.74, 6) is -1.50. The van der Waals surface area contributed by atoms with Gasteiger partial charge in [-0.1, -0.05) is 0 Å². The van der Waals surface area contributed by atoms with Crippen molar-refractivity contribution in [3.05, 3.63) is 16.7 Å². The van der Waals surface area contributed by atoms with Crippen LogP contribution in [0.3, 0.4) is 0 Å². The molecule has 0 saturated heterocycles. The van der Waals surface area contributed by atoms with Crippen LogP contribution in [0.1, 0.15) is 16.7 Å². The van der Waals surface area contributed by atoms with Crippen molar-refractivity contribution in [2.45, 2.75) is 19.3 Å². The minimum absolute atomic E-state index is 0.100. The zero-order valence-electron chi connectivity index (χ0n) is 9.42. The number of phenols is 3. The third-order valence-electron chi connectivity index (χ3n) is 2.58. The zero-order valence-corrected chi connectivity index (χ0v) is 9.42. The van der Waals surface area contributed by atoms with Crippen molar-refractivity contribution in [3.63, 3.8) is 0 Å². The van der Waals surface area contributed by atoms with E-state index in [2.05, 4.69) is 0 Å². The molecular weight excluding hydrogens is 240 g/mol. The summed E-state index contributed by atoms with van der Waals surface area (Å²) in [7, 11) is 0. The Morgan fingerprint density at radius 1 is 0.611 bits per heavy atom. The smallest absolute Gasteiger partial charge is 0.130 e. The monoisotopic (exact) mass is 252 g/mol. The minimum atomic E-state index is -0.501. The molecule has 0 saturated carbocycles. The summed E-state index contributed by atoms with van der Waals surface area (Å²) >= 11 is 0. The molecule has 1 rings (SSSR count). The van der Waals surface area contributed by atoms with Gasteiger partial charge in [-0.2, -0.15) is 0 Å². The zero-order chi connectivity index (χ0) is 13.7.